The Morgan fingerprint density at radius 3 is 2.55 bits per heavy atom. The second-order valence-electron chi connectivity index (χ2n) is 8.98. The van der Waals surface area contributed by atoms with E-state index in [-0.39, 0.29) is 30.8 Å². The van der Waals surface area contributed by atoms with Crippen molar-refractivity contribution in [3.8, 4) is 0 Å². The molecule has 1 aromatic rings. The van der Waals surface area contributed by atoms with Crippen LogP contribution in [0.4, 0.5) is 10.5 Å². The summed E-state index contributed by atoms with van der Waals surface area (Å²) in [5.41, 5.74) is 1.68. The Bertz CT molecular complexity index is 894. The van der Waals surface area contributed by atoms with Gasteiger partial charge in [-0.15, -0.1) is 0 Å². The Balaban J connectivity index is 1.58. The number of hydrogen-bond donors (Lipinski definition) is 2. The lowest BCUT2D eigenvalue weighted by atomic mass is 9.75. The van der Waals surface area contributed by atoms with Gasteiger partial charge in [0.15, 0.2) is 0 Å². The summed E-state index contributed by atoms with van der Waals surface area (Å²) in [6.07, 6.45) is 5.01. The summed E-state index contributed by atoms with van der Waals surface area (Å²) in [5.74, 6) is -1.08. The van der Waals surface area contributed by atoms with Gasteiger partial charge >= 0.3 is 6.03 Å². The van der Waals surface area contributed by atoms with Gasteiger partial charge in [0.2, 0.25) is 11.8 Å². The molecule has 0 aromatic heterocycles. The number of carbonyl (C=O) groups is 4. The van der Waals surface area contributed by atoms with Gasteiger partial charge in [-0.2, -0.15) is 0 Å². The maximum atomic E-state index is 13.0. The van der Waals surface area contributed by atoms with Crippen LogP contribution in [0.1, 0.15) is 50.2 Å². The first-order valence-electron chi connectivity index (χ1n) is 10.9. The first-order chi connectivity index (χ1) is 14.6. The van der Waals surface area contributed by atoms with Crippen LogP contribution >= 0.6 is 0 Å². The van der Waals surface area contributed by atoms with Crippen LogP contribution < -0.4 is 10.6 Å². The standard InChI is InChI=1S/C23H32N4O4/c1-15-10-11-16(2)18(12-15)24-19(28)13-26(4)20(29)14-27-21(30)23(3,25-22(27)31)17-8-6-5-7-9-17/h10-12,17H,5-9,13-14H2,1-4H3,(H,24,28)(H,25,31)/t23-/m0/s1. The summed E-state index contributed by atoms with van der Waals surface area (Å²) in [6, 6.07) is 5.20. The van der Waals surface area contributed by atoms with E-state index in [1.165, 1.54) is 11.9 Å². The molecule has 1 aliphatic carbocycles. The largest absolute Gasteiger partial charge is 0.335 e. The molecule has 1 atom stereocenters. The molecule has 8 heteroatoms. The predicted molar refractivity (Wildman–Crippen MR) is 117 cm³/mol. The van der Waals surface area contributed by atoms with Crippen molar-refractivity contribution in [2.75, 3.05) is 25.5 Å². The van der Waals surface area contributed by atoms with Crippen LogP contribution in [0.15, 0.2) is 18.2 Å². The number of carbonyl (C=O) groups excluding carboxylic acids is 4. The van der Waals surface area contributed by atoms with Crippen LogP contribution in [0.2, 0.25) is 0 Å². The minimum Gasteiger partial charge on any atom is -0.335 e. The normalized spacial score (nSPS) is 21.7. The molecule has 5 amide bonds. The lowest BCUT2D eigenvalue weighted by Crippen LogP contribution is -2.51. The average molecular weight is 429 g/mol. The molecule has 31 heavy (non-hydrogen) atoms. The van der Waals surface area contributed by atoms with E-state index in [1.54, 1.807) is 6.92 Å². The van der Waals surface area contributed by atoms with Crippen molar-refractivity contribution in [3.63, 3.8) is 0 Å². The van der Waals surface area contributed by atoms with Crippen LogP contribution in [0, 0.1) is 19.8 Å². The summed E-state index contributed by atoms with van der Waals surface area (Å²) in [4.78, 5) is 52.8. The summed E-state index contributed by atoms with van der Waals surface area (Å²) >= 11 is 0. The van der Waals surface area contributed by atoms with Crippen molar-refractivity contribution in [3.05, 3.63) is 29.3 Å². The highest BCUT2D eigenvalue weighted by Crippen LogP contribution is 2.36. The van der Waals surface area contributed by atoms with E-state index in [2.05, 4.69) is 10.6 Å². The predicted octanol–water partition coefficient (Wildman–Crippen LogP) is 2.59. The van der Waals surface area contributed by atoms with Gasteiger partial charge in [-0.1, -0.05) is 31.4 Å². The zero-order chi connectivity index (χ0) is 22.8. The number of nitrogens with one attached hydrogen (secondary N) is 2. The van der Waals surface area contributed by atoms with Gasteiger partial charge in [0.25, 0.3) is 5.91 Å². The lowest BCUT2D eigenvalue weighted by Gasteiger charge is -2.34. The van der Waals surface area contributed by atoms with E-state index in [9.17, 15) is 19.2 Å². The topological polar surface area (TPSA) is 98.8 Å². The lowest BCUT2D eigenvalue weighted by molar-refractivity contribution is -0.140. The third-order valence-corrected chi connectivity index (χ3v) is 6.49. The van der Waals surface area contributed by atoms with Crippen LogP contribution in [-0.2, 0) is 14.4 Å². The zero-order valence-electron chi connectivity index (χ0n) is 18.8. The van der Waals surface area contributed by atoms with E-state index in [4.69, 9.17) is 0 Å². The fourth-order valence-corrected chi connectivity index (χ4v) is 4.44. The number of amides is 5. The van der Waals surface area contributed by atoms with E-state index in [0.717, 1.165) is 48.1 Å². The van der Waals surface area contributed by atoms with Gasteiger partial charge in [0.05, 0.1) is 6.54 Å². The Morgan fingerprint density at radius 2 is 1.87 bits per heavy atom. The maximum Gasteiger partial charge on any atom is 0.325 e. The zero-order valence-corrected chi connectivity index (χ0v) is 18.8. The van der Waals surface area contributed by atoms with Crippen LogP contribution in [0.25, 0.3) is 0 Å². The highest BCUT2D eigenvalue weighted by atomic mass is 16.2. The second kappa shape index (κ2) is 9.08. The molecule has 1 aliphatic heterocycles. The molecule has 0 bridgehead atoms. The molecule has 2 fully saturated rings. The van der Waals surface area contributed by atoms with Crippen molar-refractivity contribution < 1.29 is 19.2 Å². The number of aryl methyl sites for hydroxylation is 2. The molecular weight excluding hydrogens is 396 g/mol. The monoisotopic (exact) mass is 428 g/mol. The Hall–Kier alpha value is -2.90. The number of rotatable bonds is 6. The first-order valence-corrected chi connectivity index (χ1v) is 10.9. The molecule has 0 spiro atoms. The molecule has 1 aromatic carbocycles. The number of nitrogens with zero attached hydrogens (tertiary/aromatic N) is 2. The molecule has 8 nitrogen and oxygen atoms in total. The molecule has 1 saturated heterocycles. The molecule has 2 aliphatic rings. The first kappa shape index (κ1) is 22.8. The van der Waals surface area contributed by atoms with E-state index in [1.807, 2.05) is 32.0 Å². The third kappa shape index (κ3) is 4.89. The van der Waals surface area contributed by atoms with Gasteiger partial charge in [0, 0.05) is 12.7 Å². The highest BCUT2D eigenvalue weighted by molar-refractivity contribution is 6.09. The molecule has 3 rings (SSSR count). The van der Waals surface area contributed by atoms with Gasteiger partial charge in [-0.05, 0) is 56.7 Å². The molecular formula is C23H32N4O4. The fourth-order valence-electron chi connectivity index (χ4n) is 4.44. The molecule has 2 N–H and O–H groups in total. The number of urea groups is 1. The Labute approximate surface area is 183 Å². The number of imide groups is 1. The van der Waals surface area contributed by atoms with Crippen molar-refractivity contribution >= 4 is 29.4 Å². The van der Waals surface area contributed by atoms with E-state index < -0.39 is 17.5 Å². The molecule has 0 unspecified atom stereocenters. The van der Waals surface area contributed by atoms with Crippen molar-refractivity contribution in [2.45, 2.75) is 58.4 Å². The number of anilines is 1. The molecule has 168 valence electrons. The summed E-state index contributed by atoms with van der Waals surface area (Å²) in [5, 5.41) is 5.63. The quantitative estimate of drug-likeness (QED) is 0.681. The van der Waals surface area contributed by atoms with Crippen LogP contribution in [0.5, 0.6) is 0 Å². The van der Waals surface area contributed by atoms with Crippen molar-refractivity contribution in [1.82, 2.24) is 15.1 Å². The maximum absolute atomic E-state index is 13.0. The van der Waals surface area contributed by atoms with Gasteiger partial charge in [-0.3, -0.25) is 19.3 Å². The summed E-state index contributed by atoms with van der Waals surface area (Å²) < 4.78 is 0. The van der Waals surface area contributed by atoms with Crippen LogP contribution in [-0.4, -0.2) is 59.2 Å². The number of benzene rings is 1. The third-order valence-electron chi connectivity index (χ3n) is 6.49. The summed E-state index contributed by atoms with van der Waals surface area (Å²) in [7, 11) is 1.49. The van der Waals surface area contributed by atoms with Crippen molar-refractivity contribution in [1.29, 1.82) is 0 Å². The molecule has 0 radical (unpaired) electrons. The SMILES string of the molecule is Cc1ccc(C)c(NC(=O)CN(C)C(=O)CN2C(=O)N[C@@](C)(C3CCCCC3)C2=O)c1. The smallest absolute Gasteiger partial charge is 0.325 e. The fraction of sp³-hybridized carbons (Fsp3) is 0.565. The highest BCUT2D eigenvalue weighted by Gasteiger charge is 2.52. The van der Waals surface area contributed by atoms with E-state index in [0.29, 0.717) is 5.69 Å². The minimum absolute atomic E-state index is 0.0823. The average Bonchev–Trinajstić information content (AvgIpc) is 2.95. The van der Waals surface area contributed by atoms with Gasteiger partial charge in [0.1, 0.15) is 12.1 Å². The second-order valence-corrected chi connectivity index (χ2v) is 8.98. The van der Waals surface area contributed by atoms with E-state index >= 15 is 0 Å². The van der Waals surface area contributed by atoms with Gasteiger partial charge < -0.3 is 15.5 Å². The minimum atomic E-state index is -0.962. The molecule has 1 heterocycles. The summed E-state index contributed by atoms with van der Waals surface area (Å²) in [6.45, 7) is 5.04. The molecule has 1 saturated carbocycles. The number of likely N-dealkylation sites (N-methyl/N-ethyl adjacent to an activating group) is 1. The Morgan fingerprint density at radius 1 is 1.19 bits per heavy atom. The van der Waals surface area contributed by atoms with Gasteiger partial charge in [-0.25, -0.2) is 4.79 Å². The van der Waals surface area contributed by atoms with Crippen LogP contribution in [0.3, 0.4) is 0 Å². The van der Waals surface area contributed by atoms with Crippen molar-refractivity contribution in [2.24, 2.45) is 5.92 Å². The Kier molecular flexibility index (Phi) is 6.67. The number of hydrogen-bond acceptors (Lipinski definition) is 4.